The largest absolute Gasteiger partial charge is 0.399 e. The van der Waals surface area contributed by atoms with Crippen LogP contribution in [-0.4, -0.2) is 43.1 Å². The quantitative estimate of drug-likeness (QED) is 0.791. The lowest BCUT2D eigenvalue weighted by Gasteiger charge is -2.33. The van der Waals surface area contributed by atoms with E-state index >= 15 is 0 Å². The number of hydrogen-bond acceptors (Lipinski definition) is 4. The standard InChI is InChI=1S/C15H20N4/c1-11-9-15(19-7-5-18(2)6-8-19)17-14-4-3-12(16)10-13(11)14/h3-4,9-10H,5-8,16H2,1-2H3. The van der Waals surface area contributed by atoms with Crippen LogP contribution in [0.3, 0.4) is 0 Å². The third-order valence-corrected chi connectivity index (χ3v) is 3.85. The topological polar surface area (TPSA) is 45.4 Å². The number of nitrogens with zero attached hydrogens (tertiary/aromatic N) is 3. The first-order chi connectivity index (χ1) is 9.13. The molecule has 19 heavy (non-hydrogen) atoms. The molecule has 100 valence electrons. The van der Waals surface area contributed by atoms with Gasteiger partial charge in [0, 0.05) is 37.3 Å². The summed E-state index contributed by atoms with van der Waals surface area (Å²) in [6, 6.07) is 8.11. The molecule has 2 N–H and O–H groups in total. The van der Waals surface area contributed by atoms with E-state index in [2.05, 4.69) is 29.8 Å². The summed E-state index contributed by atoms with van der Waals surface area (Å²) in [6.07, 6.45) is 0. The van der Waals surface area contributed by atoms with Crippen molar-refractivity contribution in [3.8, 4) is 0 Å². The maximum atomic E-state index is 5.85. The number of aromatic nitrogens is 1. The Labute approximate surface area is 113 Å². The predicted octanol–water partition coefficient (Wildman–Crippen LogP) is 1.88. The minimum Gasteiger partial charge on any atom is -0.399 e. The van der Waals surface area contributed by atoms with Crippen LogP contribution in [0.1, 0.15) is 5.56 Å². The van der Waals surface area contributed by atoms with Crippen LogP contribution in [0.2, 0.25) is 0 Å². The van der Waals surface area contributed by atoms with E-state index < -0.39 is 0 Å². The summed E-state index contributed by atoms with van der Waals surface area (Å²) in [5.41, 5.74) is 8.91. The van der Waals surface area contributed by atoms with Gasteiger partial charge in [-0.2, -0.15) is 0 Å². The molecular formula is C15H20N4. The fraction of sp³-hybridized carbons (Fsp3) is 0.400. The zero-order valence-electron chi connectivity index (χ0n) is 11.6. The summed E-state index contributed by atoms with van der Waals surface area (Å²) in [5.74, 6) is 1.09. The Morgan fingerprint density at radius 1 is 1.11 bits per heavy atom. The summed E-state index contributed by atoms with van der Waals surface area (Å²) in [5, 5.41) is 1.15. The van der Waals surface area contributed by atoms with Gasteiger partial charge in [0.2, 0.25) is 0 Å². The van der Waals surface area contributed by atoms with Gasteiger partial charge < -0.3 is 15.5 Å². The average molecular weight is 256 g/mol. The van der Waals surface area contributed by atoms with Gasteiger partial charge in [-0.25, -0.2) is 4.98 Å². The van der Waals surface area contributed by atoms with Crippen molar-refractivity contribution in [3.05, 3.63) is 29.8 Å². The van der Waals surface area contributed by atoms with E-state index in [1.165, 1.54) is 5.56 Å². The van der Waals surface area contributed by atoms with Crippen molar-refractivity contribution in [2.45, 2.75) is 6.92 Å². The second-order valence-electron chi connectivity index (χ2n) is 5.36. The molecule has 4 nitrogen and oxygen atoms in total. The highest BCUT2D eigenvalue weighted by Crippen LogP contribution is 2.24. The van der Waals surface area contributed by atoms with Crippen molar-refractivity contribution in [2.24, 2.45) is 0 Å². The Balaban J connectivity index is 1.99. The monoisotopic (exact) mass is 256 g/mol. The SMILES string of the molecule is Cc1cc(N2CCN(C)CC2)nc2ccc(N)cc12. The van der Waals surface area contributed by atoms with E-state index in [1.54, 1.807) is 0 Å². The number of benzene rings is 1. The molecule has 0 spiro atoms. The first kappa shape index (κ1) is 12.2. The second-order valence-corrected chi connectivity index (χ2v) is 5.36. The molecule has 0 amide bonds. The smallest absolute Gasteiger partial charge is 0.129 e. The van der Waals surface area contributed by atoms with Gasteiger partial charge in [-0.15, -0.1) is 0 Å². The molecule has 0 saturated carbocycles. The van der Waals surface area contributed by atoms with E-state index in [1.807, 2.05) is 18.2 Å². The number of fused-ring (bicyclic) bond motifs is 1. The van der Waals surface area contributed by atoms with Crippen LogP contribution in [-0.2, 0) is 0 Å². The highest BCUT2D eigenvalue weighted by molar-refractivity contribution is 5.86. The molecule has 1 aromatic carbocycles. The van der Waals surface area contributed by atoms with E-state index in [0.717, 1.165) is 48.6 Å². The highest BCUT2D eigenvalue weighted by atomic mass is 15.3. The molecule has 3 rings (SSSR count). The van der Waals surface area contributed by atoms with Crippen LogP contribution in [0.15, 0.2) is 24.3 Å². The molecule has 2 heterocycles. The minimum absolute atomic E-state index is 0.796. The first-order valence-corrected chi connectivity index (χ1v) is 6.74. The number of likely N-dealkylation sites (N-methyl/N-ethyl adjacent to an activating group) is 1. The zero-order valence-corrected chi connectivity index (χ0v) is 11.6. The zero-order chi connectivity index (χ0) is 13.4. The van der Waals surface area contributed by atoms with Gasteiger partial charge in [-0.3, -0.25) is 0 Å². The Bertz CT molecular complexity index is 600. The third kappa shape index (κ3) is 2.36. The number of pyridine rings is 1. The van der Waals surface area contributed by atoms with Gasteiger partial charge in [-0.05, 0) is 43.8 Å². The number of piperazine rings is 1. The molecule has 0 aliphatic carbocycles. The molecule has 2 aromatic rings. The summed E-state index contributed by atoms with van der Waals surface area (Å²) in [4.78, 5) is 9.49. The van der Waals surface area contributed by atoms with Crippen LogP contribution in [0.5, 0.6) is 0 Å². The molecule has 0 atom stereocenters. The lowest BCUT2D eigenvalue weighted by Crippen LogP contribution is -2.44. The van der Waals surface area contributed by atoms with E-state index in [0.29, 0.717) is 0 Å². The number of nitrogens with two attached hydrogens (primary N) is 1. The summed E-state index contributed by atoms with van der Waals surface area (Å²) >= 11 is 0. The number of rotatable bonds is 1. The van der Waals surface area contributed by atoms with Crippen LogP contribution in [0, 0.1) is 6.92 Å². The van der Waals surface area contributed by atoms with Crippen molar-refractivity contribution < 1.29 is 0 Å². The number of hydrogen-bond donors (Lipinski definition) is 1. The number of nitrogen functional groups attached to an aromatic ring is 1. The molecule has 1 aliphatic rings. The molecule has 0 radical (unpaired) electrons. The number of aryl methyl sites for hydroxylation is 1. The van der Waals surface area contributed by atoms with Gasteiger partial charge >= 0.3 is 0 Å². The van der Waals surface area contributed by atoms with Crippen molar-refractivity contribution in [1.82, 2.24) is 9.88 Å². The maximum Gasteiger partial charge on any atom is 0.129 e. The van der Waals surface area contributed by atoms with Crippen molar-refractivity contribution in [1.29, 1.82) is 0 Å². The molecule has 4 heteroatoms. The molecule has 1 fully saturated rings. The van der Waals surface area contributed by atoms with Gasteiger partial charge in [0.25, 0.3) is 0 Å². The first-order valence-electron chi connectivity index (χ1n) is 6.74. The van der Waals surface area contributed by atoms with Crippen molar-refractivity contribution in [3.63, 3.8) is 0 Å². The fourth-order valence-corrected chi connectivity index (χ4v) is 2.59. The van der Waals surface area contributed by atoms with Gasteiger partial charge in [0.15, 0.2) is 0 Å². The molecule has 0 bridgehead atoms. The predicted molar refractivity (Wildman–Crippen MR) is 80.6 cm³/mol. The number of anilines is 2. The van der Waals surface area contributed by atoms with E-state index in [4.69, 9.17) is 10.7 Å². The van der Waals surface area contributed by atoms with Crippen LogP contribution in [0.25, 0.3) is 10.9 Å². The minimum atomic E-state index is 0.796. The van der Waals surface area contributed by atoms with Gasteiger partial charge in [0.05, 0.1) is 5.52 Å². The van der Waals surface area contributed by atoms with Gasteiger partial charge in [-0.1, -0.05) is 0 Å². The Kier molecular flexibility index (Phi) is 3.03. The lowest BCUT2D eigenvalue weighted by atomic mass is 10.1. The highest BCUT2D eigenvalue weighted by Gasteiger charge is 2.16. The Morgan fingerprint density at radius 3 is 2.58 bits per heavy atom. The van der Waals surface area contributed by atoms with Crippen LogP contribution in [0.4, 0.5) is 11.5 Å². The molecule has 1 aliphatic heterocycles. The van der Waals surface area contributed by atoms with Gasteiger partial charge in [0.1, 0.15) is 5.82 Å². The second kappa shape index (κ2) is 4.70. The maximum absolute atomic E-state index is 5.85. The third-order valence-electron chi connectivity index (χ3n) is 3.85. The fourth-order valence-electron chi connectivity index (χ4n) is 2.59. The van der Waals surface area contributed by atoms with Crippen LogP contribution >= 0.6 is 0 Å². The summed E-state index contributed by atoms with van der Waals surface area (Å²) in [7, 11) is 2.17. The van der Waals surface area contributed by atoms with E-state index in [-0.39, 0.29) is 0 Å². The van der Waals surface area contributed by atoms with E-state index in [9.17, 15) is 0 Å². The Morgan fingerprint density at radius 2 is 1.84 bits per heavy atom. The summed E-state index contributed by atoms with van der Waals surface area (Å²) in [6.45, 7) is 6.41. The lowest BCUT2D eigenvalue weighted by molar-refractivity contribution is 0.312. The molecule has 0 unspecified atom stereocenters. The Hall–Kier alpha value is -1.81. The molecule has 1 saturated heterocycles. The van der Waals surface area contributed by atoms with Crippen LogP contribution < -0.4 is 10.6 Å². The van der Waals surface area contributed by atoms with Crippen molar-refractivity contribution >= 4 is 22.4 Å². The summed E-state index contributed by atoms with van der Waals surface area (Å²) < 4.78 is 0. The van der Waals surface area contributed by atoms with Crippen molar-refractivity contribution in [2.75, 3.05) is 43.9 Å². The molecule has 1 aromatic heterocycles. The normalized spacial score (nSPS) is 17.1. The average Bonchev–Trinajstić information content (AvgIpc) is 2.40. The molecular weight excluding hydrogens is 236 g/mol.